The SMILES string of the molecule is c1ccc2c(c1)c1ccccc1n2CC1(Cn2c3ccccc3c3ccccc32)COC1. The van der Waals surface area contributed by atoms with Crippen LogP contribution in [0.5, 0.6) is 0 Å². The topological polar surface area (TPSA) is 19.1 Å². The van der Waals surface area contributed by atoms with E-state index < -0.39 is 0 Å². The second kappa shape index (κ2) is 6.72. The van der Waals surface area contributed by atoms with E-state index in [0.717, 1.165) is 26.3 Å². The highest BCUT2D eigenvalue weighted by Gasteiger charge is 2.40. The van der Waals surface area contributed by atoms with Gasteiger partial charge in [-0.3, -0.25) is 0 Å². The van der Waals surface area contributed by atoms with Gasteiger partial charge in [-0.2, -0.15) is 0 Å². The lowest BCUT2D eigenvalue weighted by atomic mass is 9.85. The molecule has 1 aliphatic rings. The molecule has 3 nitrogen and oxygen atoms in total. The summed E-state index contributed by atoms with van der Waals surface area (Å²) in [6.07, 6.45) is 0. The van der Waals surface area contributed by atoms with E-state index in [9.17, 15) is 0 Å². The summed E-state index contributed by atoms with van der Waals surface area (Å²) in [5, 5.41) is 5.32. The molecule has 0 unspecified atom stereocenters. The van der Waals surface area contributed by atoms with Gasteiger partial charge in [0.05, 0.1) is 18.6 Å². The normalized spacial score (nSPS) is 15.6. The predicted octanol–water partition coefficient (Wildman–Crippen LogP) is 6.62. The number of para-hydroxylation sites is 4. The number of hydrogen-bond donors (Lipinski definition) is 0. The number of rotatable bonds is 4. The van der Waals surface area contributed by atoms with Crippen molar-refractivity contribution < 1.29 is 4.74 Å². The molecule has 156 valence electrons. The van der Waals surface area contributed by atoms with Crippen LogP contribution in [0.15, 0.2) is 97.1 Å². The summed E-state index contributed by atoms with van der Waals surface area (Å²) >= 11 is 0. The van der Waals surface area contributed by atoms with Crippen molar-refractivity contribution in [2.45, 2.75) is 13.1 Å². The molecule has 1 fully saturated rings. The number of fused-ring (bicyclic) bond motifs is 6. The first kappa shape index (κ1) is 18.1. The highest BCUT2D eigenvalue weighted by molar-refractivity contribution is 6.08. The van der Waals surface area contributed by atoms with Crippen molar-refractivity contribution in [1.82, 2.24) is 9.13 Å². The van der Waals surface area contributed by atoms with Crippen molar-refractivity contribution in [2.24, 2.45) is 5.41 Å². The Bertz CT molecular complexity index is 1390. The lowest BCUT2D eigenvalue weighted by Gasteiger charge is -2.42. The predicted molar refractivity (Wildman–Crippen MR) is 132 cm³/mol. The second-order valence-corrected chi connectivity index (χ2v) is 9.23. The molecule has 4 aromatic carbocycles. The van der Waals surface area contributed by atoms with Crippen LogP contribution >= 0.6 is 0 Å². The van der Waals surface area contributed by atoms with E-state index in [0.29, 0.717) is 0 Å². The van der Waals surface area contributed by atoms with E-state index in [1.165, 1.54) is 43.6 Å². The lowest BCUT2D eigenvalue weighted by molar-refractivity contribution is -0.128. The number of aromatic nitrogens is 2. The van der Waals surface area contributed by atoms with E-state index in [1.54, 1.807) is 0 Å². The van der Waals surface area contributed by atoms with Crippen LogP contribution in [-0.2, 0) is 17.8 Å². The Kier molecular flexibility index (Phi) is 3.79. The zero-order valence-corrected chi connectivity index (χ0v) is 17.9. The van der Waals surface area contributed by atoms with Gasteiger partial charge in [-0.1, -0.05) is 72.8 Å². The van der Waals surface area contributed by atoms with Gasteiger partial charge >= 0.3 is 0 Å². The van der Waals surface area contributed by atoms with Gasteiger partial charge in [0.25, 0.3) is 0 Å². The van der Waals surface area contributed by atoms with Gasteiger partial charge in [-0.25, -0.2) is 0 Å². The fourth-order valence-corrected chi connectivity index (χ4v) is 5.64. The molecule has 6 aromatic rings. The fourth-order valence-electron chi connectivity index (χ4n) is 5.64. The maximum absolute atomic E-state index is 5.86. The fraction of sp³-hybridized carbons (Fsp3) is 0.172. The average molecular weight is 417 g/mol. The molecule has 1 aliphatic heterocycles. The maximum atomic E-state index is 5.86. The van der Waals surface area contributed by atoms with E-state index >= 15 is 0 Å². The molecule has 3 heteroatoms. The molecule has 0 aliphatic carbocycles. The minimum absolute atomic E-state index is 0.0646. The van der Waals surface area contributed by atoms with Crippen LogP contribution in [-0.4, -0.2) is 22.3 Å². The number of benzene rings is 4. The largest absolute Gasteiger partial charge is 0.380 e. The molecule has 2 aromatic heterocycles. The van der Waals surface area contributed by atoms with Crippen molar-refractivity contribution in [2.75, 3.05) is 13.2 Å². The van der Waals surface area contributed by atoms with Crippen molar-refractivity contribution >= 4 is 43.6 Å². The Balaban J connectivity index is 1.39. The third-order valence-electron chi connectivity index (χ3n) is 7.16. The van der Waals surface area contributed by atoms with Gasteiger partial charge < -0.3 is 13.9 Å². The van der Waals surface area contributed by atoms with Gasteiger partial charge in [0.1, 0.15) is 0 Å². The van der Waals surface area contributed by atoms with Crippen LogP contribution in [0.3, 0.4) is 0 Å². The molecule has 0 spiro atoms. The van der Waals surface area contributed by atoms with Crippen LogP contribution in [0, 0.1) is 5.41 Å². The first-order valence-electron chi connectivity index (χ1n) is 11.3. The summed E-state index contributed by atoms with van der Waals surface area (Å²) in [6.45, 7) is 3.47. The zero-order chi connectivity index (χ0) is 21.1. The summed E-state index contributed by atoms with van der Waals surface area (Å²) in [5.41, 5.74) is 5.29. The van der Waals surface area contributed by atoms with Gasteiger partial charge in [0.2, 0.25) is 0 Å². The third-order valence-corrected chi connectivity index (χ3v) is 7.16. The number of hydrogen-bond acceptors (Lipinski definition) is 1. The molecule has 0 atom stereocenters. The van der Waals surface area contributed by atoms with Crippen molar-refractivity contribution in [1.29, 1.82) is 0 Å². The van der Waals surface area contributed by atoms with Gasteiger partial charge in [0.15, 0.2) is 0 Å². The van der Waals surface area contributed by atoms with Gasteiger partial charge in [-0.15, -0.1) is 0 Å². The molecular formula is C29H24N2O. The van der Waals surface area contributed by atoms with Crippen LogP contribution < -0.4 is 0 Å². The van der Waals surface area contributed by atoms with Crippen LogP contribution in [0.2, 0.25) is 0 Å². The first-order valence-corrected chi connectivity index (χ1v) is 11.3. The monoisotopic (exact) mass is 416 g/mol. The molecule has 0 radical (unpaired) electrons. The molecule has 0 amide bonds. The Morgan fingerprint density at radius 3 is 1.09 bits per heavy atom. The minimum Gasteiger partial charge on any atom is -0.380 e. The van der Waals surface area contributed by atoms with Gasteiger partial charge in [0, 0.05) is 56.7 Å². The van der Waals surface area contributed by atoms with Crippen molar-refractivity contribution in [3.63, 3.8) is 0 Å². The molecule has 0 saturated carbocycles. The summed E-state index contributed by atoms with van der Waals surface area (Å²) in [6, 6.07) is 35.1. The summed E-state index contributed by atoms with van der Waals surface area (Å²) < 4.78 is 10.9. The second-order valence-electron chi connectivity index (χ2n) is 9.23. The maximum Gasteiger partial charge on any atom is 0.0579 e. The lowest BCUT2D eigenvalue weighted by Crippen LogP contribution is -2.48. The molecule has 0 N–H and O–H groups in total. The summed E-state index contributed by atoms with van der Waals surface area (Å²) in [4.78, 5) is 0. The van der Waals surface area contributed by atoms with Crippen LogP contribution in [0.1, 0.15) is 0 Å². The molecule has 7 rings (SSSR count). The minimum atomic E-state index is 0.0646. The highest BCUT2D eigenvalue weighted by Crippen LogP contribution is 2.39. The van der Waals surface area contributed by atoms with Crippen LogP contribution in [0.4, 0.5) is 0 Å². The standard InChI is InChI=1S/C29H24N2O/c1-5-13-25-21(9-1)22-10-2-6-14-26(22)30(25)17-29(19-32-20-29)18-31-27-15-7-3-11-23(27)24-12-4-8-16-28(24)31/h1-16H,17-20H2. The molecule has 0 bridgehead atoms. The Labute approximate surface area is 186 Å². The zero-order valence-electron chi connectivity index (χ0n) is 17.9. The van der Waals surface area contributed by atoms with Crippen LogP contribution in [0.25, 0.3) is 43.6 Å². The van der Waals surface area contributed by atoms with E-state index in [-0.39, 0.29) is 5.41 Å². The molecule has 32 heavy (non-hydrogen) atoms. The number of ether oxygens (including phenoxy) is 1. The highest BCUT2D eigenvalue weighted by atomic mass is 16.5. The quantitative estimate of drug-likeness (QED) is 0.316. The summed E-state index contributed by atoms with van der Waals surface area (Å²) in [7, 11) is 0. The Morgan fingerprint density at radius 1 is 0.500 bits per heavy atom. The third kappa shape index (κ3) is 2.52. The Hall–Kier alpha value is -3.56. The van der Waals surface area contributed by atoms with Crippen molar-refractivity contribution in [3.05, 3.63) is 97.1 Å². The molecular weight excluding hydrogens is 392 g/mol. The van der Waals surface area contributed by atoms with E-state index in [2.05, 4.69) is 106 Å². The summed E-state index contributed by atoms with van der Waals surface area (Å²) in [5.74, 6) is 0. The van der Waals surface area contributed by atoms with Gasteiger partial charge in [-0.05, 0) is 24.3 Å². The molecule has 3 heterocycles. The Morgan fingerprint density at radius 2 is 0.812 bits per heavy atom. The van der Waals surface area contributed by atoms with Crippen molar-refractivity contribution in [3.8, 4) is 0 Å². The van der Waals surface area contributed by atoms with E-state index in [1.807, 2.05) is 0 Å². The smallest absolute Gasteiger partial charge is 0.0579 e. The average Bonchev–Trinajstić information content (AvgIpc) is 3.31. The first-order chi connectivity index (χ1) is 15.8. The molecule has 1 saturated heterocycles. The van der Waals surface area contributed by atoms with E-state index in [4.69, 9.17) is 4.74 Å². The number of nitrogens with zero attached hydrogens (tertiary/aromatic N) is 2.